The summed E-state index contributed by atoms with van der Waals surface area (Å²) in [6, 6.07) is 8.59. The van der Waals surface area contributed by atoms with Crippen LogP contribution in [0.15, 0.2) is 65.6 Å². The van der Waals surface area contributed by atoms with Gasteiger partial charge in [-0.05, 0) is 41.7 Å². The quantitative estimate of drug-likeness (QED) is 0.563. The third-order valence-electron chi connectivity index (χ3n) is 3.00. The highest BCUT2D eigenvalue weighted by atomic mass is 14.1. The highest BCUT2D eigenvalue weighted by Gasteiger charge is 2.12. The van der Waals surface area contributed by atoms with E-state index in [1.165, 1.54) is 22.3 Å². The number of benzene rings is 1. The monoisotopic (exact) mass is 204 g/mol. The molecule has 0 aliphatic heterocycles. The molecule has 76 valence electrons. The van der Waals surface area contributed by atoms with E-state index < -0.39 is 0 Å². The molecule has 0 bridgehead atoms. The fourth-order valence-electron chi connectivity index (χ4n) is 2.19. The predicted molar refractivity (Wildman–Crippen MR) is 67.0 cm³/mol. The Morgan fingerprint density at radius 2 is 2.06 bits per heavy atom. The number of fused-ring (bicyclic) bond motifs is 3. The van der Waals surface area contributed by atoms with Gasteiger partial charge in [0.05, 0.1) is 0 Å². The minimum absolute atomic E-state index is 1.11. The van der Waals surface area contributed by atoms with E-state index in [4.69, 9.17) is 0 Å². The van der Waals surface area contributed by atoms with Crippen LogP contribution in [-0.4, -0.2) is 0 Å². The Morgan fingerprint density at radius 3 is 3.06 bits per heavy atom. The minimum Gasteiger partial charge on any atom is -0.0836 e. The van der Waals surface area contributed by atoms with Crippen LogP contribution in [-0.2, 0) is 6.42 Å². The lowest BCUT2D eigenvalue weighted by Crippen LogP contribution is -1.98. The topological polar surface area (TPSA) is 0 Å². The highest BCUT2D eigenvalue weighted by molar-refractivity contribution is 5.84. The van der Waals surface area contributed by atoms with E-state index in [9.17, 15) is 0 Å². The molecule has 0 aromatic heterocycles. The molecule has 0 atom stereocenters. The molecule has 0 heterocycles. The van der Waals surface area contributed by atoms with Crippen LogP contribution >= 0.6 is 0 Å². The Kier molecular flexibility index (Phi) is 2.23. The Labute approximate surface area is 95.6 Å². The molecule has 0 spiro atoms. The molecule has 0 N–H and O–H groups in total. The van der Waals surface area contributed by atoms with E-state index in [0.29, 0.717) is 0 Å². The van der Waals surface area contributed by atoms with Gasteiger partial charge in [-0.2, -0.15) is 0 Å². The van der Waals surface area contributed by atoms with Gasteiger partial charge in [-0.1, -0.05) is 47.9 Å². The van der Waals surface area contributed by atoms with Crippen LogP contribution in [0.4, 0.5) is 0 Å². The summed E-state index contributed by atoms with van der Waals surface area (Å²) in [4.78, 5) is 0. The maximum atomic E-state index is 3.24. The number of hydrogen-bond donors (Lipinski definition) is 0. The fourth-order valence-corrected chi connectivity index (χ4v) is 2.19. The van der Waals surface area contributed by atoms with Gasteiger partial charge in [0.1, 0.15) is 0 Å². The molecule has 0 amide bonds. The van der Waals surface area contributed by atoms with E-state index in [2.05, 4.69) is 54.0 Å². The van der Waals surface area contributed by atoms with Gasteiger partial charge in [-0.25, -0.2) is 0 Å². The van der Waals surface area contributed by atoms with E-state index in [0.717, 1.165) is 12.8 Å². The molecule has 3 rings (SSSR count). The predicted octanol–water partition coefficient (Wildman–Crippen LogP) is 3.82. The first-order valence-electron chi connectivity index (χ1n) is 5.62. The Morgan fingerprint density at radius 1 is 1.12 bits per heavy atom. The molecule has 0 nitrogen and oxygen atoms in total. The molecule has 1 aromatic rings. The molecule has 16 heavy (non-hydrogen) atoms. The zero-order valence-electron chi connectivity index (χ0n) is 9.03. The van der Waals surface area contributed by atoms with E-state index >= 15 is 0 Å². The SMILES string of the molecule is C1=C=C2C(=CC=1)/C=C\CCc1ccccc12. The van der Waals surface area contributed by atoms with E-state index in [1.807, 2.05) is 6.08 Å². The van der Waals surface area contributed by atoms with Crippen molar-refractivity contribution in [3.63, 3.8) is 0 Å². The van der Waals surface area contributed by atoms with Crippen molar-refractivity contribution in [2.24, 2.45) is 0 Å². The number of aryl methyl sites for hydroxylation is 1. The van der Waals surface area contributed by atoms with Crippen molar-refractivity contribution >= 4 is 5.57 Å². The van der Waals surface area contributed by atoms with Gasteiger partial charge < -0.3 is 0 Å². The zero-order chi connectivity index (χ0) is 10.8. The summed E-state index contributed by atoms with van der Waals surface area (Å²) in [5.74, 6) is 0. The summed E-state index contributed by atoms with van der Waals surface area (Å²) in [5.41, 5.74) is 11.4. The van der Waals surface area contributed by atoms with Gasteiger partial charge in [0, 0.05) is 5.57 Å². The average Bonchev–Trinajstić information content (AvgIpc) is 2.33. The van der Waals surface area contributed by atoms with Crippen molar-refractivity contribution in [3.05, 3.63) is 76.7 Å². The largest absolute Gasteiger partial charge is 0.0836 e. The number of rotatable bonds is 0. The second kappa shape index (κ2) is 3.87. The standard InChI is InChI=1S/C16H12/c1-2-8-14-10-4-6-12-16(14)15-11-5-3-9-13(15)7-1/h1,3-4,6-7,9-10,12H,2,8H2/b7-1-. The Bertz CT molecular complexity index is 584. The molecule has 1 aromatic carbocycles. The van der Waals surface area contributed by atoms with Crippen LogP contribution in [0.1, 0.15) is 17.5 Å². The summed E-state index contributed by atoms with van der Waals surface area (Å²) in [6.07, 6.45) is 10.7. The smallest absolute Gasteiger partial charge is 0.0396 e. The van der Waals surface area contributed by atoms with Crippen LogP contribution in [0.3, 0.4) is 0 Å². The van der Waals surface area contributed by atoms with Crippen molar-refractivity contribution < 1.29 is 0 Å². The maximum Gasteiger partial charge on any atom is 0.0396 e. The van der Waals surface area contributed by atoms with Crippen molar-refractivity contribution in [1.82, 2.24) is 0 Å². The fraction of sp³-hybridized carbons (Fsp3) is 0.125. The summed E-state index contributed by atoms with van der Waals surface area (Å²) in [6.45, 7) is 0. The van der Waals surface area contributed by atoms with Crippen molar-refractivity contribution in [3.8, 4) is 0 Å². The lowest BCUT2D eigenvalue weighted by Gasteiger charge is -2.14. The summed E-state index contributed by atoms with van der Waals surface area (Å²) in [7, 11) is 0. The Balaban J connectivity index is 2.27. The molecule has 0 fully saturated rings. The molecule has 0 unspecified atom stereocenters. The molecule has 2 aliphatic carbocycles. The summed E-state index contributed by atoms with van der Waals surface area (Å²) >= 11 is 0. The number of hydrogen-bond acceptors (Lipinski definition) is 0. The normalized spacial score (nSPS) is 18.8. The van der Waals surface area contributed by atoms with Gasteiger partial charge in [0.15, 0.2) is 0 Å². The van der Waals surface area contributed by atoms with Crippen molar-refractivity contribution in [2.75, 3.05) is 0 Å². The van der Waals surface area contributed by atoms with Gasteiger partial charge in [-0.15, -0.1) is 0 Å². The molecule has 0 radical (unpaired) electrons. The maximum absolute atomic E-state index is 3.24. The summed E-state index contributed by atoms with van der Waals surface area (Å²) in [5, 5.41) is 0. The molecular formula is C16H12. The zero-order valence-corrected chi connectivity index (χ0v) is 9.03. The lowest BCUT2D eigenvalue weighted by atomic mass is 9.89. The first-order valence-corrected chi connectivity index (χ1v) is 5.62. The van der Waals surface area contributed by atoms with Crippen LogP contribution in [0, 0.1) is 0 Å². The third kappa shape index (κ3) is 1.51. The molecule has 0 saturated heterocycles. The molecule has 2 aliphatic rings. The van der Waals surface area contributed by atoms with Crippen LogP contribution < -0.4 is 0 Å². The van der Waals surface area contributed by atoms with Gasteiger partial charge in [-0.3, -0.25) is 0 Å². The first-order chi connectivity index (χ1) is 7.95. The van der Waals surface area contributed by atoms with Crippen LogP contribution in [0.25, 0.3) is 5.57 Å². The molecular weight excluding hydrogens is 192 g/mol. The lowest BCUT2D eigenvalue weighted by molar-refractivity contribution is 0.991. The minimum atomic E-state index is 1.11. The summed E-state index contributed by atoms with van der Waals surface area (Å²) < 4.78 is 0. The van der Waals surface area contributed by atoms with Gasteiger partial charge >= 0.3 is 0 Å². The highest BCUT2D eigenvalue weighted by Crippen LogP contribution is 2.29. The van der Waals surface area contributed by atoms with E-state index in [-0.39, 0.29) is 0 Å². The molecule has 0 saturated carbocycles. The number of allylic oxidation sites excluding steroid dienone is 6. The van der Waals surface area contributed by atoms with Crippen LogP contribution in [0.2, 0.25) is 0 Å². The van der Waals surface area contributed by atoms with Crippen molar-refractivity contribution in [2.45, 2.75) is 12.8 Å². The second-order valence-electron chi connectivity index (χ2n) is 4.03. The third-order valence-corrected chi connectivity index (χ3v) is 3.00. The van der Waals surface area contributed by atoms with E-state index in [1.54, 1.807) is 0 Å². The van der Waals surface area contributed by atoms with Crippen molar-refractivity contribution in [1.29, 1.82) is 0 Å². The Hall–Kier alpha value is -2.00. The second-order valence-corrected chi connectivity index (χ2v) is 4.03. The molecule has 0 heteroatoms. The van der Waals surface area contributed by atoms with Gasteiger partial charge in [0.2, 0.25) is 0 Å². The van der Waals surface area contributed by atoms with Crippen LogP contribution in [0.5, 0.6) is 0 Å². The average molecular weight is 204 g/mol. The first kappa shape index (κ1) is 9.24. The van der Waals surface area contributed by atoms with Gasteiger partial charge in [0.25, 0.3) is 0 Å².